The highest BCUT2D eigenvalue weighted by atomic mass is 32.2. The molecule has 4 aromatic rings. The maximum Gasteiger partial charge on any atom is 0.418 e. The Morgan fingerprint density at radius 1 is 1.05 bits per heavy atom. The van der Waals surface area contributed by atoms with Gasteiger partial charge in [-0.3, -0.25) is 4.98 Å². The zero-order valence-electron chi connectivity index (χ0n) is 21.5. The van der Waals surface area contributed by atoms with Crippen molar-refractivity contribution in [3.05, 3.63) is 72.2 Å². The molecule has 2 aromatic carbocycles. The summed E-state index contributed by atoms with van der Waals surface area (Å²) in [5.74, 6) is 0.727. The van der Waals surface area contributed by atoms with Gasteiger partial charge in [-0.05, 0) is 55.5 Å². The van der Waals surface area contributed by atoms with Crippen molar-refractivity contribution in [1.82, 2.24) is 19.3 Å². The lowest BCUT2D eigenvalue weighted by Gasteiger charge is -2.26. The predicted octanol–water partition coefficient (Wildman–Crippen LogP) is 5.01. The maximum absolute atomic E-state index is 13.6. The van der Waals surface area contributed by atoms with E-state index in [2.05, 4.69) is 20.3 Å². The monoisotopic (exact) mass is 573 g/mol. The molecule has 1 saturated heterocycles. The Balaban J connectivity index is 1.50. The number of benzene rings is 2. The van der Waals surface area contributed by atoms with Gasteiger partial charge in [0.2, 0.25) is 10.0 Å². The number of anilines is 2. The maximum atomic E-state index is 13.6. The van der Waals surface area contributed by atoms with Gasteiger partial charge in [0.05, 0.1) is 34.9 Å². The number of nitrogens with zero attached hydrogens (tertiary/aromatic N) is 4. The van der Waals surface area contributed by atoms with Crippen molar-refractivity contribution >= 4 is 32.4 Å². The molecule has 1 N–H and O–H groups in total. The third-order valence-corrected chi connectivity index (χ3v) is 8.20. The second-order valence-electron chi connectivity index (χ2n) is 8.92. The Morgan fingerprint density at radius 3 is 2.50 bits per heavy atom. The lowest BCUT2D eigenvalue weighted by Crippen LogP contribution is -2.40. The molecule has 0 spiro atoms. The molecular formula is C27H26F3N5O4S. The van der Waals surface area contributed by atoms with Crippen LogP contribution in [0.25, 0.3) is 22.2 Å². The molecule has 2 aromatic heterocycles. The van der Waals surface area contributed by atoms with Gasteiger partial charge in [0.15, 0.2) is 5.82 Å². The van der Waals surface area contributed by atoms with Crippen LogP contribution in [0.4, 0.5) is 24.7 Å². The fraction of sp³-hybridized carbons (Fsp3) is 0.296. The number of rotatable bonds is 8. The predicted molar refractivity (Wildman–Crippen MR) is 142 cm³/mol. The summed E-state index contributed by atoms with van der Waals surface area (Å²) in [4.78, 5) is 13.2. The van der Waals surface area contributed by atoms with Gasteiger partial charge < -0.3 is 14.8 Å². The molecule has 1 fully saturated rings. The second kappa shape index (κ2) is 11.5. The van der Waals surface area contributed by atoms with Crippen LogP contribution in [0.1, 0.15) is 18.3 Å². The summed E-state index contributed by atoms with van der Waals surface area (Å²) < 4.78 is 78.9. The number of pyridine rings is 1. The van der Waals surface area contributed by atoms with Crippen LogP contribution in [0.2, 0.25) is 0 Å². The van der Waals surface area contributed by atoms with Gasteiger partial charge in [-0.1, -0.05) is 6.07 Å². The van der Waals surface area contributed by atoms with Crippen LogP contribution in [0.5, 0.6) is 0 Å². The molecule has 0 saturated carbocycles. The molecule has 40 heavy (non-hydrogen) atoms. The molecule has 0 radical (unpaired) electrons. The molecule has 0 atom stereocenters. The molecule has 0 amide bonds. The lowest BCUT2D eigenvalue weighted by molar-refractivity contribution is -0.137. The minimum atomic E-state index is -4.57. The van der Waals surface area contributed by atoms with Crippen LogP contribution in [-0.2, 0) is 32.3 Å². The van der Waals surface area contributed by atoms with Crippen molar-refractivity contribution in [3.8, 4) is 11.3 Å². The summed E-state index contributed by atoms with van der Waals surface area (Å²) in [6.07, 6.45) is -3.26. The Morgan fingerprint density at radius 2 is 1.80 bits per heavy atom. The topological polar surface area (TPSA) is 107 Å². The largest absolute Gasteiger partial charge is 0.418 e. The molecule has 0 bridgehead atoms. The standard InChI is InChI=1S/C27H26F3N5O4S/c1-2-38-17-24-33-23-16-18(25-22(27(28,29)30)4-3-11-31-25)5-10-21(23)26(34-24)32-19-6-8-20(9-7-19)40(36,37)35-12-14-39-15-13-35/h3-11,16H,2,12-15,17H2,1H3,(H,32,33,34). The quantitative estimate of drug-likeness (QED) is 0.314. The Kier molecular flexibility index (Phi) is 7.99. The van der Waals surface area contributed by atoms with Gasteiger partial charge in [0.25, 0.3) is 0 Å². The summed E-state index contributed by atoms with van der Waals surface area (Å²) in [7, 11) is -3.65. The number of hydrogen-bond donors (Lipinski definition) is 1. The van der Waals surface area contributed by atoms with Gasteiger partial charge in [0, 0.05) is 42.5 Å². The van der Waals surface area contributed by atoms with Crippen molar-refractivity contribution < 1.29 is 31.1 Å². The zero-order valence-corrected chi connectivity index (χ0v) is 22.3. The van der Waals surface area contributed by atoms with E-state index >= 15 is 0 Å². The highest BCUT2D eigenvalue weighted by Gasteiger charge is 2.34. The van der Waals surface area contributed by atoms with Crippen molar-refractivity contribution in [2.75, 3.05) is 38.2 Å². The second-order valence-corrected chi connectivity index (χ2v) is 10.9. The lowest BCUT2D eigenvalue weighted by atomic mass is 10.0. The first kappa shape index (κ1) is 27.9. The minimum Gasteiger partial charge on any atom is -0.379 e. The van der Waals surface area contributed by atoms with E-state index in [1.807, 2.05) is 6.92 Å². The third-order valence-electron chi connectivity index (χ3n) is 6.29. The molecule has 5 rings (SSSR count). The average molecular weight is 574 g/mol. The molecule has 13 heteroatoms. The molecule has 9 nitrogen and oxygen atoms in total. The van der Waals surface area contributed by atoms with E-state index < -0.39 is 21.8 Å². The van der Waals surface area contributed by atoms with Crippen LogP contribution in [-0.4, -0.2) is 60.6 Å². The van der Waals surface area contributed by atoms with Gasteiger partial charge >= 0.3 is 6.18 Å². The van der Waals surface area contributed by atoms with Gasteiger partial charge in [0.1, 0.15) is 12.4 Å². The first-order chi connectivity index (χ1) is 19.2. The number of nitrogens with one attached hydrogen (secondary N) is 1. The normalized spacial score (nSPS) is 14.9. The number of ether oxygens (including phenoxy) is 2. The van der Waals surface area contributed by atoms with Crippen LogP contribution < -0.4 is 5.32 Å². The van der Waals surface area contributed by atoms with Crippen molar-refractivity contribution in [1.29, 1.82) is 0 Å². The summed E-state index contributed by atoms with van der Waals surface area (Å²) in [5.41, 5.74) is 0.174. The molecule has 1 aliphatic rings. The summed E-state index contributed by atoms with van der Waals surface area (Å²) >= 11 is 0. The fourth-order valence-corrected chi connectivity index (χ4v) is 5.73. The van der Waals surface area contributed by atoms with Crippen LogP contribution >= 0.6 is 0 Å². The molecule has 1 aliphatic heterocycles. The SMILES string of the molecule is CCOCc1nc(Nc2ccc(S(=O)(=O)N3CCOCC3)cc2)c2ccc(-c3ncccc3C(F)(F)F)cc2n1. The number of hydrogen-bond acceptors (Lipinski definition) is 8. The van der Waals surface area contributed by atoms with E-state index in [0.29, 0.717) is 61.1 Å². The average Bonchev–Trinajstić information content (AvgIpc) is 2.96. The molecule has 0 aliphatic carbocycles. The molecule has 210 valence electrons. The van der Waals surface area contributed by atoms with E-state index in [4.69, 9.17) is 9.47 Å². The van der Waals surface area contributed by atoms with Crippen molar-refractivity contribution in [2.45, 2.75) is 24.6 Å². The minimum absolute atomic E-state index is 0.0967. The highest BCUT2D eigenvalue weighted by Crippen LogP contribution is 2.37. The van der Waals surface area contributed by atoms with E-state index in [0.717, 1.165) is 6.07 Å². The first-order valence-corrected chi connectivity index (χ1v) is 14.0. The van der Waals surface area contributed by atoms with E-state index in [1.165, 1.54) is 40.8 Å². The number of morpholine rings is 1. The van der Waals surface area contributed by atoms with E-state index in [-0.39, 0.29) is 22.8 Å². The number of alkyl halides is 3. The van der Waals surface area contributed by atoms with Gasteiger partial charge in [-0.25, -0.2) is 18.4 Å². The number of fused-ring (bicyclic) bond motifs is 1. The highest BCUT2D eigenvalue weighted by molar-refractivity contribution is 7.89. The van der Waals surface area contributed by atoms with Gasteiger partial charge in [-0.2, -0.15) is 17.5 Å². The smallest absolute Gasteiger partial charge is 0.379 e. The fourth-order valence-electron chi connectivity index (χ4n) is 4.33. The number of halogens is 3. The molecule has 0 unspecified atom stereocenters. The number of aromatic nitrogens is 3. The summed E-state index contributed by atoms with van der Waals surface area (Å²) in [5, 5.41) is 3.74. The van der Waals surface area contributed by atoms with Gasteiger partial charge in [-0.15, -0.1) is 0 Å². The Labute approximate surface area is 229 Å². The Bertz CT molecular complexity index is 1610. The molecular weight excluding hydrogens is 547 g/mol. The van der Waals surface area contributed by atoms with Crippen LogP contribution in [0, 0.1) is 0 Å². The summed E-state index contributed by atoms with van der Waals surface area (Å²) in [6, 6.07) is 13.2. The summed E-state index contributed by atoms with van der Waals surface area (Å²) in [6.45, 7) is 3.63. The third kappa shape index (κ3) is 5.92. The van der Waals surface area contributed by atoms with Crippen molar-refractivity contribution in [3.63, 3.8) is 0 Å². The molecule has 3 heterocycles. The number of sulfonamides is 1. The van der Waals surface area contributed by atoms with E-state index in [9.17, 15) is 21.6 Å². The van der Waals surface area contributed by atoms with Crippen molar-refractivity contribution in [2.24, 2.45) is 0 Å². The Hall–Kier alpha value is -3.65. The first-order valence-electron chi connectivity index (χ1n) is 12.5. The van der Waals surface area contributed by atoms with Crippen LogP contribution in [0.15, 0.2) is 65.7 Å². The zero-order chi connectivity index (χ0) is 28.3. The van der Waals surface area contributed by atoms with Crippen LogP contribution in [0.3, 0.4) is 0 Å². The van der Waals surface area contributed by atoms with E-state index in [1.54, 1.807) is 18.2 Å².